The Balaban J connectivity index is 1.62. The fraction of sp³-hybridized carbons (Fsp3) is 0.368. The number of fused-ring (bicyclic) bond motifs is 2. The summed E-state index contributed by atoms with van der Waals surface area (Å²) in [5.41, 5.74) is 3.59. The Hall–Kier alpha value is -1.34. The van der Waals surface area contributed by atoms with Crippen molar-refractivity contribution in [2.24, 2.45) is 0 Å². The van der Waals surface area contributed by atoms with E-state index in [9.17, 15) is 4.21 Å². The van der Waals surface area contributed by atoms with Gasteiger partial charge in [0.25, 0.3) is 0 Å². The van der Waals surface area contributed by atoms with E-state index in [1.165, 1.54) is 21.2 Å². The number of nitrogens with zero attached hydrogens (tertiary/aromatic N) is 2. The van der Waals surface area contributed by atoms with Crippen molar-refractivity contribution >= 4 is 34.1 Å². The first kappa shape index (κ1) is 17.1. The van der Waals surface area contributed by atoms with E-state index in [4.69, 9.17) is 4.74 Å². The number of anilines is 2. The van der Waals surface area contributed by atoms with Gasteiger partial charge in [-0.05, 0) is 29.8 Å². The lowest BCUT2D eigenvalue weighted by atomic mass is 10.1. The van der Waals surface area contributed by atoms with Crippen LogP contribution in [0.4, 0.5) is 11.4 Å². The first-order valence-corrected chi connectivity index (χ1v) is 10.7. The molecule has 2 aliphatic rings. The zero-order valence-corrected chi connectivity index (χ0v) is 16.1. The van der Waals surface area contributed by atoms with Crippen LogP contribution >= 0.6 is 11.8 Å². The molecule has 25 heavy (non-hydrogen) atoms. The van der Waals surface area contributed by atoms with Crippen LogP contribution in [-0.4, -0.2) is 41.0 Å². The third-order valence-corrected chi connectivity index (χ3v) is 7.26. The molecule has 0 aliphatic carbocycles. The van der Waals surface area contributed by atoms with Gasteiger partial charge >= 0.3 is 0 Å². The van der Waals surface area contributed by atoms with Crippen molar-refractivity contribution in [3.63, 3.8) is 0 Å². The lowest BCUT2D eigenvalue weighted by Gasteiger charge is -2.34. The molecule has 2 aliphatic heterocycles. The Morgan fingerprint density at radius 1 is 1.20 bits per heavy atom. The molecular formula is C19H22N2O2S2. The number of benzene rings is 2. The van der Waals surface area contributed by atoms with E-state index >= 15 is 0 Å². The molecule has 4 nitrogen and oxygen atoms in total. The Morgan fingerprint density at radius 2 is 2.00 bits per heavy atom. The highest BCUT2D eigenvalue weighted by atomic mass is 32.2. The minimum atomic E-state index is -0.908. The number of hydrogen-bond acceptors (Lipinski definition) is 4. The topological polar surface area (TPSA) is 32.8 Å². The maximum absolute atomic E-state index is 12.1. The summed E-state index contributed by atoms with van der Waals surface area (Å²) in [6.07, 6.45) is -0.0230. The van der Waals surface area contributed by atoms with Gasteiger partial charge in [-0.2, -0.15) is 0 Å². The lowest BCUT2D eigenvalue weighted by Crippen LogP contribution is -2.40. The Kier molecular flexibility index (Phi) is 4.86. The van der Waals surface area contributed by atoms with Gasteiger partial charge in [-0.25, -0.2) is 8.51 Å². The molecule has 132 valence electrons. The standard InChI is InChI=1S/C19H22N2O2S2/c1-3-25(22)21-10-11-23-17(13-21)14-8-9-19-16(12-14)20(2)15-6-4-5-7-18(15)24-19/h4-9,12,17H,3,10-11,13H2,1-2H3. The third kappa shape index (κ3) is 3.24. The van der Waals surface area contributed by atoms with Crippen LogP contribution < -0.4 is 4.90 Å². The molecule has 1 fully saturated rings. The zero-order chi connectivity index (χ0) is 17.4. The summed E-state index contributed by atoms with van der Waals surface area (Å²) in [5.74, 6) is 0.660. The summed E-state index contributed by atoms with van der Waals surface area (Å²) >= 11 is 1.81. The van der Waals surface area contributed by atoms with Crippen LogP contribution in [0.25, 0.3) is 0 Å². The molecule has 0 aromatic heterocycles. The van der Waals surface area contributed by atoms with Gasteiger partial charge in [0.15, 0.2) is 0 Å². The first-order chi connectivity index (χ1) is 12.2. The Labute approximate surface area is 155 Å². The normalized spacial score (nSPS) is 21.5. The summed E-state index contributed by atoms with van der Waals surface area (Å²) in [6.45, 7) is 4.02. The van der Waals surface area contributed by atoms with E-state index < -0.39 is 11.0 Å². The number of ether oxygens (including phenoxy) is 1. The predicted molar refractivity (Wildman–Crippen MR) is 104 cm³/mol. The van der Waals surface area contributed by atoms with Crippen LogP contribution in [0.2, 0.25) is 0 Å². The van der Waals surface area contributed by atoms with Gasteiger partial charge in [0, 0.05) is 35.7 Å². The number of hydrogen-bond donors (Lipinski definition) is 0. The molecule has 2 aromatic rings. The second-order valence-corrected chi connectivity index (χ2v) is 9.03. The van der Waals surface area contributed by atoms with Gasteiger partial charge in [-0.3, -0.25) is 0 Å². The van der Waals surface area contributed by atoms with E-state index in [1.54, 1.807) is 0 Å². The quantitative estimate of drug-likeness (QED) is 0.814. The van der Waals surface area contributed by atoms with E-state index in [1.807, 2.05) is 23.0 Å². The van der Waals surface area contributed by atoms with Crippen molar-refractivity contribution < 1.29 is 8.95 Å². The van der Waals surface area contributed by atoms with Crippen LogP contribution in [0.15, 0.2) is 52.3 Å². The van der Waals surface area contributed by atoms with E-state index in [0.29, 0.717) is 18.9 Å². The lowest BCUT2D eigenvalue weighted by molar-refractivity contribution is -0.000984. The fourth-order valence-corrected chi connectivity index (χ4v) is 5.42. The summed E-state index contributed by atoms with van der Waals surface area (Å²) in [6, 6.07) is 15.0. The molecule has 2 heterocycles. The summed E-state index contributed by atoms with van der Waals surface area (Å²) in [4.78, 5) is 4.79. The van der Waals surface area contributed by atoms with E-state index in [-0.39, 0.29) is 6.10 Å². The molecule has 0 amide bonds. The summed E-state index contributed by atoms with van der Waals surface area (Å²) in [5, 5.41) is 0. The van der Waals surface area contributed by atoms with Crippen molar-refractivity contribution in [3.05, 3.63) is 48.0 Å². The molecule has 0 radical (unpaired) electrons. The van der Waals surface area contributed by atoms with E-state index in [2.05, 4.69) is 54.4 Å². The van der Waals surface area contributed by atoms with E-state index in [0.717, 1.165) is 12.1 Å². The monoisotopic (exact) mass is 374 g/mol. The Bertz CT molecular complexity index is 812. The van der Waals surface area contributed by atoms with Gasteiger partial charge < -0.3 is 9.64 Å². The largest absolute Gasteiger partial charge is 0.371 e. The third-order valence-electron chi connectivity index (χ3n) is 4.73. The maximum atomic E-state index is 12.1. The fourth-order valence-electron chi connectivity index (χ4n) is 3.35. The van der Waals surface area contributed by atoms with Crippen LogP contribution in [0, 0.1) is 0 Å². The van der Waals surface area contributed by atoms with Crippen LogP contribution in [0.5, 0.6) is 0 Å². The predicted octanol–water partition coefficient (Wildman–Crippen LogP) is 3.98. The van der Waals surface area contributed by atoms with Gasteiger partial charge in [0.2, 0.25) is 0 Å². The maximum Gasteiger partial charge on any atom is 0.0963 e. The second-order valence-electron chi connectivity index (χ2n) is 6.21. The highest BCUT2D eigenvalue weighted by molar-refractivity contribution is 7.99. The molecule has 2 unspecified atom stereocenters. The van der Waals surface area contributed by atoms with Crippen LogP contribution in [0.1, 0.15) is 18.6 Å². The molecule has 4 rings (SSSR count). The molecule has 0 spiro atoms. The minimum absolute atomic E-state index is 0.0230. The average Bonchev–Trinajstić information content (AvgIpc) is 2.67. The highest BCUT2D eigenvalue weighted by Crippen LogP contribution is 2.48. The van der Waals surface area contributed by atoms with Crippen molar-refractivity contribution in [3.8, 4) is 0 Å². The molecule has 0 N–H and O–H groups in total. The molecule has 1 saturated heterocycles. The van der Waals surface area contributed by atoms with Crippen LogP contribution in [-0.2, 0) is 15.7 Å². The van der Waals surface area contributed by atoms with Gasteiger partial charge in [0.05, 0.1) is 35.1 Å². The number of morpholine rings is 1. The van der Waals surface area contributed by atoms with Crippen molar-refractivity contribution in [1.82, 2.24) is 4.31 Å². The minimum Gasteiger partial charge on any atom is -0.371 e. The van der Waals surface area contributed by atoms with Crippen LogP contribution in [0.3, 0.4) is 0 Å². The van der Waals surface area contributed by atoms with Crippen molar-refractivity contribution in [2.75, 3.05) is 37.4 Å². The zero-order valence-electron chi connectivity index (χ0n) is 14.5. The molecule has 6 heteroatoms. The Morgan fingerprint density at radius 3 is 2.84 bits per heavy atom. The highest BCUT2D eigenvalue weighted by Gasteiger charge is 2.27. The molecule has 2 aromatic carbocycles. The molecule has 2 atom stereocenters. The average molecular weight is 375 g/mol. The van der Waals surface area contributed by atoms with Gasteiger partial charge in [-0.1, -0.05) is 36.9 Å². The van der Waals surface area contributed by atoms with Gasteiger partial charge in [-0.15, -0.1) is 0 Å². The molecule has 0 bridgehead atoms. The molecular weight excluding hydrogens is 352 g/mol. The summed E-state index contributed by atoms with van der Waals surface area (Å²) < 4.78 is 20.1. The first-order valence-electron chi connectivity index (χ1n) is 8.57. The number of rotatable bonds is 3. The smallest absolute Gasteiger partial charge is 0.0963 e. The van der Waals surface area contributed by atoms with Crippen molar-refractivity contribution in [1.29, 1.82) is 0 Å². The van der Waals surface area contributed by atoms with Crippen molar-refractivity contribution in [2.45, 2.75) is 22.8 Å². The number of para-hydroxylation sites is 1. The van der Waals surface area contributed by atoms with Gasteiger partial charge in [0.1, 0.15) is 0 Å². The second kappa shape index (κ2) is 7.11. The molecule has 0 saturated carbocycles. The summed E-state index contributed by atoms with van der Waals surface area (Å²) in [7, 11) is 1.20. The SMILES string of the molecule is CCS(=O)N1CCOC(c2ccc3c(c2)N(C)c2ccccc2S3)C1.